The van der Waals surface area contributed by atoms with Crippen molar-refractivity contribution in [1.29, 1.82) is 0 Å². The molecule has 2 atom stereocenters. The fourth-order valence-electron chi connectivity index (χ4n) is 4.23. The maximum Gasteiger partial charge on any atom is 0.410 e. The minimum Gasteiger partial charge on any atom is -0.444 e. The van der Waals surface area contributed by atoms with Crippen LogP contribution in [0, 0.1) is 0 Å². The van der Waals surface area contributed by atoms with E-state index in [-0.39, 0.29) is 29.1 Å². The molecule has 2 fully saturated rings. The lowest BCUT2D eigenvalue weighted by Crippen LogP contribution is -2.59. The van der Waals surface area contributed by atoms with Gasteiger partial charge in [-0.05, 0) is 70.7 Å². The highest BCUT2D eigenvalue weighted by atomic mass is 35.5. The molecule has 6 nitrogen and oxygen atoms in total. The Hall–Kier alpha value is -1.31. The van der Waals surface area contributed by atoms with Crippen LogP contribution in [0.25, 0.3) is 0 Å². The van der Waals surface area contributed by atoms with Gasteiger partial charge in [-0.15, -0.1) is 0 Å². The number of halogens is 1. The van der Waals surface area contributed by atoms with Crippen molar-refractivity contribution in [2.45, 2.75) is 81.5 Å². The Kier molecular flexibility index (Phi) is 5.99. The van der Waals surface area contributed by atoms with Gasteiger partial charge >= 0.3 is 6.09 Å². The molecular weight excluding hydrogens is 400 g/mol. The van der Waals surface area contributed by atoms with Crippen LogP contribution in [0.2, 0.25) is 5.02 Å². The van der Waals surface area contributed by atoms with Gasteiger partial charge in [0.05, 0.1) is 4.90 Å². The second-order valence-electron chi connectivity index (χ2n) is 8.74. The van der Waals surface area contributed by atoms with Gasteiger partial charge in [0.25, 0.3) is 0 Å². The molecular formula is C20H29ClN2O4S. The summed E-state index contributed by atoms with van der Waals surface area (Å²) in [7, 11) is -1.85. The summed E-state index contributed by atoms with van der Waals surface area (Å²) in [6.45, 7) is 5.53. The van der Waals surface area contributed by atoms with Crippen LogP contribution in [0.1, 0.15) is 52.9 Å². The molecule has 0 spiro atoms. The van der Waals surface area contributed by atoms with Crippen molar-refractivity contribution in [3.8, 4) is 0 Å². The smallest absolute Gasteiger partial charge is 0.410 e. The van der Waals surface area contributed by atoms with Crippen molar-refractivity contribution >= 4 is 27.7 Å². The van der Waals surface area contributed by atoms with Crippen molar-refractivity contribution in [1.82, 2.24) is 9.21 Å². The fraction of sp³-hybridized carbons (Fsp3) is 0.650. The number of carbonyl (C=O) groups excluding carboxylic acids is 1. The van der Waals surface area contributed by atoms with Gasteiger partial charge in [-0.2, -0.15) is 4.31 Å². The number of ether oxygens (including phenoxy) is 1. The molecule has 2 unspecified atom stereocenters. The second kappa shape index (κ2) is 7.84. The van der Waals surface area contributed by atoms with Crippen molar-refractivity contribution in [2.24, 2.45) is 0 Å². The zero-order valence-electron chi connectivity index (χ0n) is 16.9. The van der Waals surface area contributed by atoms with E-state index in [1.807, 2.05) is 20.8 Å². The first-order valence-corrected chi connectivity index (χ1v) is 11.6. The summed E-state index contributed by atoms with van der Waals surface area (Å²) < 4.78 is 33.7. The number of fused-ring (bicyclic) bond motifs is 2. The van der Waals surface area contributed by atoms with Gasteiger partial charge in [0.15, 0.2) is 0 Å². The van der Waals surface area contributed by atoms with Gasteiger partial charge in [-0.1, -0.05) is 18.0 Å². The number of benzene rings is 1. The third-order valence-electron chi connectivity index (χ3n) is 5.50. The zero-order valence-corrected chi connectivity index (χ0v) is 18.5. The molecule has 1 amide bonds. The fourth-order valence-corrected chi connectivity index (χ4v) is 6.25. The number of nitrogens with zero attached hydrogens (tertiary/aromatic N) is 2. The monoisotopic (exact) mass is 428 g/mol. The second-order valence-corrected chi connectivity index (χ2v) is 11.0. The lowest BCUT2D eigenvalue weighted by Gasteiger charge is -2.49. The highest BCUT2D eigenvalue weighted by molar-refractivity contribution is 7.89. The number of sulfonamides is 1. The number of hydrogen-bond acceptors (Lipinski definition) is 4. The molecule has 3 rings (SSSR count). The van der Waals surface area contributed by atoms with E-state index >= 15 is 0 Å². The Morgan fingerprint density at radius 2 is 1.68 bits per heavy atom. The van der Waals surface area contributed by atoms with E-state index < -0.39 is 15.6 Å². The molecule has 156 valence electrons. The minimum atomic E-state index is -3.60. The number of piperidine rings is 2. The van der Waals surface area contributed by atoms with Crippen molar-refractivity contribution in [3.63, 3.8) is 0 Å². The largest absolute Gasteiger partial charge is 0.444 e. The van der Waals surface area contributed by atoms with E-state index in [9.17, 15) is 13.2 Å². The molecule has 1 aromatic rings. The van der Waals surface area contributed by atoms with Crippen LogP contribution in [0.4, 0.5) is 4.79 Å². The Morgan fingerprint density at radius 1 is 1.14 bits per heavy atom. The summed E-state index contributed by atoms with van der Waals surface area (Å²) >= 11 is 5.91. The Morgan fingerprint density at radius 3 is 2.18 bits per heavy atom. The normalized spacial score (nSPS) is 26.0. The van der Waals surface area contributed by atoms with Crippen LogP contribution in [0.15, 0.2) is 29.2 Å². The summed E-state index contributed by atoms with van der Waals surface area (Å²) in [6.07, 6.45) is 3.51. The van der Waals surface area contributed by atoms with Crippen LogP contribution in [-0.2, 0) is 14.8 Å². The van der Waals surface area contributed by atoms with E-state index in [1.54, 1.807) is 40.5 Å². The zero-order chi connectivity index (χ0) is 20.7. The summed E-state index contributed by atoms with van der Waals surface area (Å²) in [5.74, 6) is 0. The van der Waals surface area contributed by atoms with E-state index in [0.717, 1.165) is 19.3 Å². The van der Waals surface area contributed by atoms with Crippen LogP contribution in [-0.4, -0.2) is 54.5 Å². The molecule has 0 saturated carbocycles. The molecule has 0 aliphatic carbocycles. The van der Waals surface area contributed by atoms with E-state index in [2.05, 4.69) is 0 Å². The number of amides is 1. The predicted molar refractivity (Wildman–Crippen MR) is 109 cm³/mol. The first kappa shape index (κ1) is 21.4. The van der Waals surface area contributed by atoms with E-state index in [1.165, 1.54) is 0 Å². The molecule has 0 N–H and O–H groups in total. The van der Waals surface area contributed by atoms with E-state index in [4.69, 9.17) is 16.3 Å². The Bertz CT molecular complexity index is 806. The standard InChI is InChI=1S/C20H29ClN2O4S/c1-20(2,3)27-19(24)22(4)17-12-15-6-5-7-16(13-17)23(15)28(25,26)18-10-8-14(21)9-11-18/h8-11,15-17H,5-7,12-13H2,1-4H3. The van der Waals surface area contributed by atoms with Gasteiger partial charge in [0.2, 0.25) is 10.0 Å². The number of hydrogen-bond donors (Lipinski definition) is 0. The SMILES string of the molecule is CN(C(=O)OC(C)(C)C)C1CC2CCCC(C1)N2S(=O)(=O)c1ccc(Cl)cc1. The molecule has 2 bridgehead atoms. The average molecular weight is 429 g/mol. The topological polar surface area (TPSA) is 66.9 Å². The number of rotatable bonds is 3. The molecule has 2 aliphatic heterocycles. The van der Waals surface area contributed by atoms with Gasteiger partial charge in [0, 0.05) is 30.2 Å². The van der Waals surface area contributed by atoms with Crippen molar-refractivity contribution < 1.29 is 17.9 Å². The van der Waals surface area contributed by atoms with Crippen LogP contribution in [0.5, 0.6) is 0 Å². The first-order valence-electron chi connectivity index (χ1n) is 9.74. The van der Waals surface area contributed by atoms with Gasteiger partial charge in [0.1, 0.15) is 5.60 Å². The average Bonchev–Trinajstić information content (AvgIpc) is 2.58. The maximum atomic E-state index is 13.3. The molecule has 2 heterocycles. The van der Waals surface area contributed by atoms with Gasteiger partial charge < -0.3 is 9.64 Å². The maximum absolute atomic E-state index is 13.3. The first-order chi connectivity index (χ1) is 13.0. The molecule has 28 heavy (non-hydrogen) atoms. The minimum absolute atomic E-state index is 0.0261. The summed E-state index contributed by atoms with van der Waals surface area (Å²) in [5.41, 5.74) is -0.556. The lowest BCUT2D eigenvalue weighted by atomic mass is 9.83. The molecule has 0 radical (unpaired) electrons. The predicted octanol–water partition coefficient (Wildman–Crippen LogP) is 4.28. The molecule has 2 saturated heterocycles. The van der Waals surface area contributed by atoms with Gasteiger partial charge in [-0.25, -0.2) is 13.2 Å². The molecule has 8 heteroatoms. The van der Waals surface area contributed by atoms with E-state index in [0.29, 0.717) is 17.9 Å². The highest BCUT2D eigenvalue weighted by Crippen LogP contribution is 2.39. The Labute approximate surface area is 172 Å². The lowest BCUT2D eigenvalue weighted by molar-refractivity contribution is 0.00409. The summed E-state index contributed by atoms with van der Waals surface area (Å²) in [6, 6.07) is 6.09. The van der Waals surface area contributed by atoms with Crippen LogP contribution in [0.3, 0.4) is 0 Å². The Balaban J connectivity index is 1.80. The van der Waals surface area contributed by atoms with Crippen molar-refractivity contribution in [2.75, 3.05) is 7.05 Å². The molecule has 1 aromatic carbocycles. The third-order valence-corrected chi connectivity index (χ3v) is 7.77. The molecule has 0 aromatic heterocycles. The number of carbonyl (C=O) groups is 1. The van der Waals surface area contributed by atoms with Gasteiger partial charge in [-0.3, -0.25) is 0 Å². The highest BCUT2D eigenvalue weighted by Gasteiger charge is 2.46. The molecule has 2 aliphatic rings. The van der Waals surface area contributed by atoms with Crippen molar-refractivity contribution in [3.05, 3.63) is 29.3 Å². The van der Waals surface area contributed by atoms with Crippen LogP contribution >= 0.6 is 11.6 Å². The summed E-state index contributed by atoms with van der Waals surface area (Å²) in [4.78, 5) is 14.4. The van der Waals surface area contributed by atoms with Crippen LogP contribution < -0.4 is 0 Å². The third kappa shape index (κ3) is 4.47. The summed E-state index contributed by atoms with van der Waals surface area (Å²) in [5, 5.41) is 0.511. The quantitative estimate of drug-likeness (QED) is 0.720.